The molecule has 196 valence electrons. The highest BCUT2D eigenvalue weighted by molar-refractivity contribution is 5.88. The quantitative estimate of drug-likeness (QED) is 0.182. The third-order valence-corrected chi connectivity index (χ3v) is 6.10. The lowest BCUT2D eigenvalue weighted by Crippen LogP contribution is -2.60. The Balaban J connectivity index is 1.90. The highest BCUT2D eigenvalue weighted by Gasteiger charge is 2.47. The largest absolute Gasteiger partial charge is 0.478 e. The predicted octanol–water partition coefficient (Wildman–Crippen LogP) is -0.735. The number of carbonyl (C=O) groups is 2. The average Bonchev–Trinajstić information content (AvgIpc) is 2.87. The number of carboxylic acid groups (broad SMARTS) is 2. The van der Waals surface area contributed by atoms with Crippen molar-refractivity contribution in [1.29, 1.82) is 0 Å². The van der Waals surface area contributed by atoms with Gasteiger partial charge in [-0.2, -0.15) is 0 Å². The molecule has 8 atom stereocenters. The average molecular weight is 509 g/mol. The number of pyridine rings is 1. The summed E-state index contributed by atoms with van der Waals surface area (Å²) in [5, 5.41) is 58.8. The van der Waals surface area contributed by atoms with Crippen LogP contribution in [0.2, 0.25) is 0 Å². The summed E-state index contributed by atoms with van der Waals surface area (Å²) in [7, 11) is 0. The van der Waals surface area contributed by atoms with E-state index in [4.69, 9.17) is 14.2 Å². The molecule has 1 aromatic rings. The Morgan fingerprint density at radius 1 is 1.11 bits per heavy atom. The molecule has 1 fully saturated rings. The summed E-state index contributed by atoms with van der Waals surface area (Å²) in [6.45, 7) is 5.45. The third kappa shape index (κ3) is 5.81. The number of aromatic carboxylic acids is 1. The number of aromatic nitrogens is 1. The smallest absolute Gasteiger partial charge is 0.341 e. The van der Waals surface area contributed by atoms with Crippen molar-refractivity contribution in [1.82, 2.24) is 0 Å². The Kier molecular flexibility index (Phi) is 8.95. The van der Waals surface area contributed by atoms with Crippen LogP contribution >= 0.6 is 0 Å². The number of carboxylic acids is 2. The third-order valence-electron chi connectivity index (χ3n) is 6.10. The first-order valence-electron chi connectivity index (χ1n) is 11.2. The van der Waals surface area contributed by atoms with Gasteiger partial charge in [-0.15, -0.1) is 6.58 Å². The molecular formula is C24H30NO11+. The summed E-state index contributed by atoms with van der Waals surface area (Å²) in [6.07, 6.45) is -0.137. The molecule has 1 aromatic heterocycles. The fourth-order valence-corrected chi connectivity index (χ4v) is 4.07. The van der Waals surface area contributed by atoms with E-state index in [1.807, 2.05) is 6.92 Å². The monoisotopic (exact) mass is 508 g/mol. The molecule has 1 saturated heterocycles. The van der Waals surface area contributed by atoms with Crippen LogP contribution in [-0.2, 0) is 25.5 Å². The lowest BCUT2D eigenvalue weighted by Gasteiger charge is -2.42. The number of aliphatic hydroxyl groups excluding tert-OH is 4. The molecule has 8 unspecified atom stereocenters. The molecule has 12 nitrogen and oxygen atoms in total. The molecule has 2 aliphatic rings. The maximum Gasteiger partial charge on any atom is 0.341 e. The van der Waals surface area contributed by atoms with Gasteiger partial charge in [-0.25, -0.2) is 14.2 Å². The van der Waals surface area contributed by atoms with Gasteiger partial charge in [0.15, 0.2) is 18.7 Å². The summed E-state index contributed by atoms with van der Waals surface area (Å²) >= 11 is 0. The maximum absolute atomic E-state index is 11.9. The van der Waals surface area contributed by atoms with Crippen LogP contribution < -0.4 is 4.57 Å². The molecule has 6 N–H and O–H groups in total. The van der Waals surface area contributed by atoms with Crippen LogP contribution in [0.5, 0.6) is 0 Å². The van der Waals surface area contributed by atoms with Gasteiger partial charge in [0.1, 0.15) is 36.5 Å². The number of aryl methyl sites for hydroxylation is 1. The number of nitrogens with zero attached hydrogens (tertiary/aromatic N) is 1. The van der Waals surface area contributed by atoms with Gasteiger partial charge in [-0.05, 0) is 13.0 Å². The minimum Gasteiger partial charge on any atom is -0.478 e. The molecule has 0 saturated carbocycles. The Bertz CT molecular complexity index is 1040. The van der Waals surface area contributed by atoms with Crippen LogP contribution in [0, 0.1) is 11.8 Å². The Hall–Kier alpha value is -3.13. The number of hydrogen-bond acceptors (Lipinski definition) is 9. The van der Waals surface area contributed by atoms with Crippen molar-refractivity contribution >= 4 is 18.0 Å². The topological polar surface area (TPSA) is 187 Å². The van der Waals surface area contributed by atoms with Gasteiger partial charge in [0, 0.05) is 11.5 Å². The van der Waals surface area contributed by atoms with Crippen molar-refractivity contribution in [2.75, 3.05) is 6.61 Å². The molecule has 3 rings (SSSR count). The van der Waals surface area contributed by atoms with E-state index in [-0.39, 0.29) is 11.1 Å². The number of ether oxygens (including phenoxy) is 3. The van der Waals surface area contributed by atoms with E-state index in [1.165, 1.54) is 18.3 Å². The zero-order valence-electron chi connectivity index (χ0n) is 19.5. The maximum atomic E-state index is 11.9. The molecule has 0 aromatic carbocycles. The molecule has 0 aliphatic carbocycles. The summed E-state index contributed by atoms with van der Waals surface area (Å²) in [5.41, 5.74) is 0.453. The van der Waals surface area contributed by atoms with Crippen molar-refractivity contribution in [3.05, 3.63) is 60.2 Å². The van der Waals surface area contributed by atoms with Crippen LogP contribution in [0.3, 0.4) is 0 Å². The van der Waals surface area contributed by atoms with Crippen molar-refractivity contribution in [3.8, 4) is 0 Å². The Labute approximate surface area is 206 Å². The van der Waals surface area contributed by atoms with Gasteiger partial charge in [0.2, 0.25) is 6.29 Å². The van der Waals surface area contributed by atoms with Gasteiger partial charge in [-0.3, -0.25) is 0 Å². The van der Waals surface area contributed by atoms with Gasteiger partial charge in [-0.1, -0.05) is 18.2 Å². The molecule has 2 aliphatic heterocycles. The number of hydrogen-bond donors (Lipinski definition) is 6. The number of aliphatic carboxylic acids is 1. The van der Waals surface area contributed by atoms with Crippen LogP contribution in [-0.4, -0.2) is 86.2 Å². The number of allylic oxidation sites excluding steroid dienone is 1. The van der Waals surface area contributed by atoms with Gasteiger partial charge in [0.05, 0.1) is 24.4 Å². The number of rotatable bonds is 9. The summed E-state index contributed by atoms with van der Waals surface area (Å²) in [6, 6.07) is 1.44. The summed E-state index contributed by atoms with van der Waals surface area (Å²) in [4.78, 5) is 23.4. The van der Waals surface area contributed by atoms with Crippen molar-refractivity contribution in [2.45, 2.75) is 50.5 Å². The lowest BCUT2D eigenvalue weighted by atomic mass is 9.83. The first-order valence-corrected chi connectivity index (χ1v) is 11.2. The van der Waals surface area contributed by atoms with E-state index in [1.54, 1.807) is 22.9 Å². The van der Waals surface area contributed by atoms with E-state index >= 15 is 0 Å². The zero-order valence-corrected chi connectivity index (χ0v) is 19.5. The molecule has 0 amide bonds. The molecule has 36 heavy (non-hydrogen) atoms. The minimum absolute atomic E-state index is 0.0593. The molecule has 0 radical (unpaired) electrons. The second-order valence-corrected chi connectivity index (χ2v) is 8.41. The molecule has 0 bridgehead atoms. The molecule has 3 heterocycles. The van der Waals surface area contributed by atoms with Gasteiger partial charge < -0.3 is 44.8 Å². The lowest BCUT2D eigenvalue weighted by molar-refractivity contribution is -0.693. The standard InChI is InChI=1S/C24H29NO11/c1-3-14-15(6-5-12-7-13(21(30)31)9-25(4-2)8-12)16(22(32)33)11-34-23(14)36-24-20(29)19(28)18(27)17(10-26)35-24/h3,5-9,11,14-15,17-20,23-24,26-29H,1,4,10H2,2H3,(H-,30,31,32,33)/p+1. The molecular weight excluding hydrogens is 478 g/mol. The van der Waals surface area contributed by atoms with Crippen molar-refractivity contribution in [2.24, 2.45) is 11.8 Å². The fourth-order valence-electron chi connectivity index (χ4n) is 4.07. The van der Waals surface area contributed by atoms with Crippen LogP contribution in [0.15, 0.2) is 49.0 Å². The summed E-state index contributed by atoms with van der Waals surface area (Å²) < 4.78 is 18.2. The van der Waals surface area contributed by atoms with E-state index in [9.17, 15) is 40.2 Å². The van der Waals surface area contributed by atoms with Gasteiger partial charge in [0.25, 0.3) is 0 Å². The van der Waals surface area contributed by atoms with Crippen molar-refractivity contribution in [3.63, 3.8) is 0 Å². The normalized spacial score (nSPS) is 32.5. The first-order chi connectivity index (χ1) is 17.1. The second kappa shape index (κ2) is 11.7. The van der Waals surface area contributed by atoms with E-state index in [0.29, 0.717) is 12.1 Å². The zero-order chi connectivity index (χ0) is 26.6. The Morgan fingerprint density at radius 3 is 2.42 bits per heavy atom. The van der Waals surface area contributed by atoms with Crippen LogP contribution in [0.4, 0.5) is 0 Å². The van der Waals surface area contributed by atoms with Crippen molar-refractivity contribution < 1.29 is 59.0 Å². The number of aliphatic hydroxyl groups is 4. The first kappa shape index (κ1) is 27.5. The summed E-state index contributed by atoms with van der Waals surface area (Å²) in [5.74, 6) is -4.02. The minimum atomic E-state index is -1.68. The van der Waals surface area contributed by atoms with Crippen LogP contribution in [0.1, 0.15) is 22.8 Å². The van der Waals surface area contributed by atoms with E-state index in [0.717, 1.165) is 6.26 Å². The molecule has 12 heteroatoms. The second-order valence-electron chi connectivity index (χ2n) is 8.41. The van der Waals surface area contributed by atoms with E-state index < -0.39 is 67.4 Å². The highest BCUT2D eigenvalue weighted by atomic mass is 16.8. The van der Waals surface area contributed by atoms with Crippen LogP contribution in [0.25, 0.3) is 6.08 Å². The predicted molar refractivity (Wildman–Crippen MR) is 121 cm³/mol. The fraction of sp³-hybridized carbons (Fsp3) is 0.458. The molecule has 0 spiro atoms. The SMILES string of the molecule is C=CC1C(OC2OC(CO)C(O)C(O)C2O)OC=C(C(=O)O)C1C=Cc1cc(C(=O)O)c[n+](CC)c1. The van der Waals surface area contributed by atoms with Gasteiger partial charge >= 0.3 is 11.9 Å². The van der Waals surface area contributed by atoms with E-state index in [2.05, 4.69) is 6.58 Å². The Morgan fingerprint density at radius 2 is 1.83 bits per heavy atom. The highest BCUT2D eigenvalue weighted by Crippen LogP contribution is 2.36.